The molecule has 1 heterocycles. The van der Waals surface area contributed by atoms with E-state index in [1.165, 1.54) is 16.8 Å². The zero-order chi connectivity index (χ0) is 9.97. The average molecular weight is 185 g/mol. The van der Waals surface area contributed by atoms with Crippen molar-refractivity contribution in [3.63, 3.8) is 0 Å². The van der Waals surface area contributed by atoms with Crippen molar-refractivity contribution in [2.45, 2.75) is 19.8 Å². The molecule has 1 aromatic carbocycles. The Bertz CT molecular complexity index is 399. The summed E-state index contributed by atoms with van der Waals surface area (Å²) in [6, 6.07) is 12.8. The second kappa shape index (κ2) is 3.70. The lowest BCUT2D eigenvalue weighted by Gasteiger charge is -2.06. The Hall–Kier alpha value is -1.50. The molecule has 1 aromatic heterocycles. The molecule has 1 nitrogen and oxygen atoms in total. The molecule has 1 heteroatoms. The largest absolute Gasteiger partial charge is 0.361 e. The monoisotopic (exact) mass is 185 g/mol. The SMILES string of the molecule is CC(C)c1cccc(-c2ccc[nH]2)c1. The van der Waals surface area contributed by atoms with Gasteiger partial charge < -0.3 is 4.98 Å². The highest BCUT2D eigenvalue weighted by atomic mass is 14.7. The number of rotatable bonds is 2. The van der Waals surface area contributed by atoms with Gasteiger partial charge in [0.15, 0.2) is 0 Å². The zero-order valence-corrected chi connectivity index (χ0v) is 8.62. The summed E-state index contributed by atoms with van der Waals surface area (Å²) in [5.74, 6) is 0.588. The van der Waals surface area contributed by atoms with E-state index in [4.69, 9.17) is 0 Å². The Kier molecular flexibility index (Phi) is 2.40. The Morgan fingerprint density at radius 1 is 1.07 bits per heavy atom. The average Bonchev–Trinajstić information content (AvgIpc) is 2.71. The molecule has 2 rings (SSSR count). The van der Waals surface area contributed by atoms with Crippen LogP contribution in [0.25, 0.3) is 11.3 Å². The van der Waals surface area contributed by atoms with E-state index in [1.807, 2.05) is 12.3 Å². The number of H-pyrrole nitrogens is 1. The van der Waals surface area contributed by atoms with Crippen LogP contribution in [-0.2, 0) is 0 Å². The molecule has 0 aliphatic rings. The van der Waals surface area contributed by atoms with Crippen LogP contribution in [0.4, 0.5) is 0 Å². The van der Waals surface area contributed by atoms with Gasteiger partial charge in [-0.15, -0.1) is 0 Å². The minimum absolute atomic E-state index is 0.588. The minimum atomic E-state index is 0.588. The molecule has 0 bridgehead atoms. The van der Waals surface area contributed by atoms with Gasteiger partial charge in [0.1, 0.15) is 0 Å². The van der Waals surface area contributed by atoms with Gasteiger partial charge in [0, 0.05) is 11.9 Å². The third kappa shape index (κ3) is 1.72. The molecule has 0 aliphatic carbocycles. The van der Waals surface area contributed by atoms with Gasteiger partial charge in [-0.2, -0.15) is 0 Å². The summed E-state index contributed by atoms with van der Waals surface area (Å²) in [6.07, 6.45) is 1.96. The van der Waals surface area contributed by atoms with Crippen LogP contribution in [0.2, 0.25) is 0 Å². The van der Waals surface area contributed by atoms with E-state index in [0.717, 1.165) is 0 Å². The molecular weight excluding hydrogens is 170 g/mol. The van der Waals surface area contributed by atoms with Gasteiger partial charge in [-0.25, -0.2) is 0 Å². The smallest absolute Gasteiger partial charge is 0.0453 e. The Labute approximate surface area is 84.8 Å². The molecule has 14 heavy (non-hydrogen) atoms. The lowest BCUT2D eigenvalue weighted by molar-refractivity contribution is 0.867. The van der Waals surface area contributed by atoms with E-state index in [2.05, 4.69) is 49.2 Å². The summed E-state index contributed by atoms with van der Waals surface area (Å²) >= 11 is 0. The molecule has 0 amide bonds. The third-order valence-electron chi connectivity index (χ3n) is 2.46. The van der Waals surface area contributed by atoms with Crippen LogP contribution >= 0.6 is 0 Å². The van der Waals surface area contributed by atoms with Crippen LogP contribution in [0.15, 0.2) is 42.6 Å². The highest BCUT2D eigenvalue weighted by Crippen LogP contribution is 2.22. The maximum absolute atomic E-state index is 3.22. The first kappa shape index (κ1) is 9.07. The van der Waals surface area contributed by atoms with Crippen molar-refractivity contribution < 1.29 is 0 Å². The summed E-state index contributed by atoms with van der Waals surface area (Å²) in [6.45, 7) is 4.43. The molecule has 1 N–H and O–H groups in total. The fourth-order valence-corrected chi connectivity index (χ4v) is 1.58. The highest BCUT2D eigenvalue weighted by molar-refractivity contribution is 5.60. The van der Waals surface area contributed by atoms with Crippen LogP contribution in [-0.4, -0.2) is 4.98 Å². The minimum Gasteiger partial charge on any atom is -0.361 e. The summed E-state index contributed by atoms with van der Waals surface area (Å²) in [5, 5.41) is 0. The second-order valence-corrected chi connectivity index (χ2v) is 3.86. The normalized spacial score (nSPS) is 10.8. The molecule has 0 saturated heterocycles. The first-order valence-electron chi connectivity index (χ1n) is 5.01. The van der Waals surface area contributed by atoms with Crippen molar-refractivity contribution in [3.8, 4) is 11.3 Å². The number of nitrogens with one attached hydrogen (secondary N) is 1. The molecule has 0 radical (unpaired) electrons. The summed E-state index contributed by atoms with van der Waals surface area (Å²) in [7, 11) is 0. The van der Waals surface area contributed by atoms with Crippen LogP contribution in [0.1, 0.15) is 25.3 Å². The first-order chi connectivity index (χ1) is 6.77. The van der Waals surface area contributed by atoms with Crippen molar-refractivity contribution in [1.82, 2.24) is 4.98 Å². The predicted molar refractivity (Wildman–Crippen MR) is 60.3 cm³/mol. The predicted octanol–water partition coefficient (Wildman–Crippen LogP) is 3.81. The van der Waals surface area contributed by atoms with E-state index in [0.29, 0.717) is 5.92 Å². The molecule has 0 fully saturated rings. The maximum atomic E-state index is 3.22. The summed E-state index contributed by atoms with van der Waals surface area (Å²) in [5.41, 5.74) is 3.84. The number of hydrogen-bond acceptors (Lipinski definition) is 0. The van der Waals surface area contributed by atoms with Gasteiger partial charge in [0.05, 0.1) is 0 Å². The molecule has 0 atom stereocenters. The number of benzene rings is 1. The number of aromatic amines is 1. The molecule has 72 valence electrons. The Balaban J connectivity index is 2.41. The van der Waals surface area contributed by atoms with E-state index in [-0.39, 0.29) is 0 Å². The number of hydrogen-bond donors (Lipinski definition) is 1. The van der Waals surface area contributed by atoms with Gasteiger partial charge >= 0.3 is 0 Å². The van der Waals surface area contributed by atoms with Crippen molar-refractivity contribution >= 4 is 0 Å². The number of aromatic nitrogens is 1. The second-order valence-electron chi connectivity index (χ2n) is 3.86. The van der Waals surface area contributed by atoms with Crippen molar-refractivity contribution in [1.29, 1.82) is 0 Å². The van der Waals surface area contributed by atoms with Crippen molar-refractivity contribution in [2.75, 3.05) is 0 Å². The van der Waals surface area contributed by atoms with Gasteiger partial charge in [0.25, 0.3) is 0 Å². The van der Waals surface area contributed by atoms with E-state index < -0.39 is 0 Å². The standard InChI is InChI=1S/C13H15N/c1-10(2)11-5-3-6-12(9-11)13-7-4-8-14-13/h3-10,14H,1-2H3. The molecule has 0 aliphatic heterocycles. The third-order valence-corrected chi connectivity index (χ3v) is 2.46. The Morgan fingerprint density at radius 2 is 1.93 bits per heavy atom. The topological polar surface area (TPSA) is 15.8 Å². The van der Waals surface area contributed by atoms with Gasteiger partial charge in [-0.05, 0) is 35.2 Å². The van der Waals surface area contributed by atoms with Crippen LogP contribution in [0, 0.1) is 0 Å². The molecule has 0 saturated carbocycles. The zero-order valence-electron chi connectivity index (χ0n) is 8.62. The van der Waals surface area contributed by atoms with Crippen LogP contribution in [0.5, 0.6) is 0 Å². The lowest BCUT2D eigenvalue weighted by Crippen LogP contribution is -1.87. The van der Waals surface area contributed by atoms with Gasteiger partial charge in [-0.1, -0.05) is 32.0 Å². The van der Waals surface area contributed by atoms with E-state index in [1.54, 1.807) is 0 Å². The molecule has 0 spiro atoms. The maximum Gasteiger partial charge on any atom is 0.0453 e. The molecular formula is C13H15N. The first-order valence-corrected chi connectivity index (χ1v) is 5.01. The van der Waals surface area contributed by atoms with E-state index in [9.17, 15) is 0 Å². The summed E-state index contributed by atoms with van der Waals surface area (Å²) < 4.78 is 0. The van der Waals surface area contributed by atoms with E-state index >= 15 is 0 Å². The van der Waals surface area contributed by atoms with Crippen molar-refractivity contribution in [2.24, 2.45) is 0 Å². The van der Waals surface area contributed by atoms with Crippen LogP contribution in [0.3, 0.4) is 0 Å². The fourth-order valence-electron chi connectivity index (χ4n) is 1.58. The van der Waals surface area contributed by atoms with Crippen molar-refractivity contribution in [3.05, 3.63) is 48.2 Å². The van der Waals surface area contributed by atoms with Crippen LogP contribution < -0.4 is 0 Å². The fraction of sp³-hybridized carbons (Fsp3) is 0.231. The molecule has 0 unspecified atom stereocenters. The summed E-state index contributed by atoms with van der Waals surface area (Å²) in [4.78, 5) is 3.22. The quantitative estimate of drug-likeness (QED) is 0.732. The molecule has 2 aromatic rings. The highest BCUT2D eigenvalue weighted by Gasteiger charge is 2.01. The Morgan fingerprint density at radius 3 is 2.57 bits per heavy atom. The van der Waals surface area contributed by atoms with Gasteiger partial charge in [0.2, 0.25) is 0 Å². The lowest BCUT2D eigenvalue weighted by atomic mass is 10.00. The van der Waals surface area contributed by atoms with Gasteiger partial charge in [-0.3, -0.25) is 0 Å².